The second-order valence-electron chi connectivity index (χ2n) is 7.76. The van der Waals surface area contributed by atoms with Crippen molar-refractivity contribution in [1.82, 2.24) is 4.90 Å². The zero-order chi connectivity index (χ0) is 18.9. The van der Waals surface area contributed by atoms with Gasteiger partial charge in [0.1, 0.15) is 5.75 Å². The molecule has 4 rings (SSSR count). The first kappa shape index (κ1) is 18.1. The monoisotopic (exact) mass is 365 g/mol. The highest BCUT2D eigenvalue weighted by molar-refractivity contribution is 5.94. The van der Waals surface area contributed by atoms with Crippen molar-refractivity contribution in [3.8, 4) is 5.75 Å². The summed E-state index contributed by atoms with van der Waals surface area (Å²) in [5, 5.41) is 11.4. The summed E-state index contributed by atoms with van der Waals surface area (Å²) in [6.07, 6.45) is 4.53. The SMILES string of the molecule is COc1ccccc1[C@H]1C2CCCCC2(O)CCN1C(=O)c1ccccc1. The number of para-hydroxylation sites is 1. The summed E-state index contributed by atoms with van der Waals surface area (Å²) in [7, 11) is 1.66. The average Bonchev–Trinajstić information content (AvgIpc) is 2.72. The number of carbonyl (C=O) groups excluding carboxylic acids is 1. The maximum Gasteiger partial charge on any atom is 0.254 e. The second kappa shape index (κ2) is 7.35. The topological polar surface area (TPSA) is 49.8 Å². The summed E-state index contributed by atoms with van der Waals surface area (Å²) in [4.78, 5) is 15.3. The molecule has 0 radical (unpaired) electrons. The standard InChI is InChI=1S/C23H27NO3/c1-27-20-13-6-5-11-18(20)21-19-12-7-8-14-23(19,26)15-16-24(21)22(25)17-9-3-2-4-10-17/h2-6,9-11,13,19,21,26H,7-8,12,14-16H2,1H3/t19?,21-,23?/m0/s1. The third-order valence-corrected chi connectivity index (χ3v) is 6.31. The highest BCUT2D eigenvalue weighted by Gasteiger charge is 2.50. The number of rotatable bonds is 3. The molecule has 2 fully saturated rings. The number of amides is 1. The van der Waals surface area contributed by atoms with Crippen molar-refractivity contribution in [2.45, 2.75) is 43.7 Å². The summed E-state index contributed by atoms with van der Waals surface area (Å²) in [5.74, 6) is 0.839. The summed E-state index contributed by atoms with van der Waals surface area (Å²) in [6, 6.07) is 17.2. The number of methoxy groups -OCH3 is 1. The van der Waals surface area contributed by atoms with Crippen LogP contribution in [0.5, 0.6) is 5.75 Å². The Balaban J connectivity index is 1.79. The lowest BCUT2D eigenvalue weighted by atomic mass is 9.66. The first-order chi connectivity index (χ1) is 13.1. The fourth-order valence-corrected chi connectivity index (χ4v) is 4.95. The van der Waals surface area contributed by atoms with Gasteiger partial charge in [0.25, 0.3) is 5.91 Å². The summed E-state index contributed by atoms with van der Waals surface area (Å²) in [6.45, 7) is 0.559. The molecule has 0 aromatic heterocycles. The van der Waals surface area contributed by atoms with Gasteiger partial charge in [-0.1, -0.05) is 49.2 Å². The molecule has 4 heteroatoms. The number of hydrogen-bond donors (Lipinski definition) is 1. The molecular weight excluding hydrogens is 338 g/mol. The Bertz CT molecular complexity index is 806. The number of aliphatic hydroxyl groups is 1. The minimum atomic E-state index is -0.697. The fraction of sp³-hybridized carbons (Fsp3) is 0.435. The van der Waals surface area contributed by atoms with E-state index in [1.54, 1.807) is 7.11 Å². The third-order valence-electron chi connectivity index (χ3n) is 6.31. The Kier molecular flexibility index (Phi) is 4.92. The quantitative estimate of drug-likeness (QED) is 0.887. The van der Waals surface area contributed by atoms with E-state index >= 15 is 0 Å². The minimum absolute atomic E-state index is 0.0270. The van der Waals surface area contributed by atoms with Gasteiger partial charge in [0, 0.05) is 23.6 Å². The van der Waals surface area contributed by atoms with Crippen LogP contribution in [0.25, 0.3) is 0 Å². The lowest BCUT2D eigenvalue weighted by Crippen LogP contribution is -2.56. The number of benzene rings is 2. The second-order valence-corrected chi connectivity index (χ2v) is 7.76. The molecule has 4 nitrogen and oxygen atoms in total. The van der Waals surface area contributed by atoms with E-state index in [0.717, 1.165) is 37.0 Å². The zero-order valence-corrected chi connectivity index (χ0v) is 15.8. The lowest BCUT2D eigenvalue weighted by Gasteiger charge is -2.52. The summed E-state index contributed by atoms with van der Waals surface area (Å²) in [5.41, 5.74) is 0.991. The molecule has 142 valence electrons. The number of fused-ring (bicyclic) bond motifs is 1. The fourth-order valence-electron chi connectivity index (χ4n) is 4.95. The van der Waals surface area contributed by atoms with Crippen LogP contribution in [0.15, 0.2) is 54.6 Å². The number of likely N-dealkylation sites (tertiary alicyclic amines) is 1. The minimum Gasteiger partial charge on any atom is -0.496 e. The van der Waals surface area contributed by atoms with Crippen LogP contribution in [-0.2, 0) is 0 Å². The van der Waals surface area contributed by atoms with Gasteiger partial charge >= 0.3 is 0 Å². The number of piperidine rings is 1. The van der Waals surface area contributed by atoms with E-state index < -0.39 is 5.60 Å². The van der Waals surface area contributed by atoms with E-state index in [0.29, 0.717) is 18.5 Å². The maximum atomic E-state index is 13.4. The van der Waals surface area contributed by atoms with E-state index in [2.05, 4.69) is 0 Å². The van der Waals surface area contributed by atoms with E-state index in [1.807, 2.05) is 59.5 Å². The molecule has 2 aliphatic rings. The van der Waals surface area contributed by atoms with Gasteiger partial charge in [0.15, 0.2) is 0 Å². The van der Waals surface area contributed by atoms with Crippen LogP contribution < -0.4 is 4.74 Å². The van der Waals surface area contributed by atoms with E-state index in [-0.39, 0.29) is 17.9 Å². The molecule has 2 aromatic rings. The highest BCUT2D eigenvalue weighted by atomic mass is 16.5. The molecule has 1 saturated heterocycles. The normalized spacial score (nSPS) is 27.7. The van der Waals surface area contributed by atoms with Crippen molar-refractivity contribution in [3.05, 3.63) is 65.7 Å². The van der Waals surface area contributed by atoms with Gasteiger partial charge in [0.2, 0.25) is 0 Å². The Morgan fingerprint density at radius 1 is 1.07 bits per heavy atom. The van der Waals surface area contributed by atoms with Crippen molar-refractivity contribution >= 4 is 5.91 Å². The molecule has 27 heavy (non-hydrogen) atoms. The van der Waals surface area contributed by atoms with Crippen LogP contribution in [-0.4, -0.2) is 35.2 Å². The molecule has 2 aromatic carbocycles. The number of hydrogen-bond acceptors (Lipinski definition) is 3. The maximum absolute atomic E-state index is 13.4. The van der Waals surface area contributed by atoms with Crippen LogP contribution in [0.3, 0.4) is 0 Å². The molecule has 1 N–H and O–H groups in total. The molecule has 1 amide bonds. The number of ether oxygens (including phenoxy) is 1. The summed E-state index contributed by atoms with van der Waals surface area (Å²) < 4.78 is 5.63. The molecule has 1 saturated carbocycles. The van der Waals surface area contributed by atoms with Crippen molar-refractivity contribution in [2.75, 3.05) is 13.7 Å². The predicted molar refractivity (Wildman–Crippen MR) is 105 cm³/mol. The van der Waals surface area contributed by atoms with Gasteiger partial charge in [-0.3, -0.25) is 4.79 Å². The van der Waals surface area contributed by atoms with Crippen molar-refractivity contribution < 1.29 is 14.6 Å². The third kappa shape index (κ3) is 3.23. The molecular formula is C23H27NO3. The molecule has 0 spiro atoms. The van der Waals surface area contributed by atoms with Crippen LogP contribution >= 0.6 is 0 Å². The van der Waals surface area contributed by atoms with Gasteiger partial charge in [-0.05, 0) is 37.5 Å². The van der Waals surface area contributed by atoms with Crippen LogP contribution in [0.4, 0.5) is 0 Å². The first-order valence-corrected chi connectivity index (χ1v) is 9.85. The molecule has 1 heterocycles. The van der Waals surface area contributed by atoms with Crippen LogP contribution in [0.2, 0.25) is 0 Å². The van der Waals surface area contributed by atoms with Gasteiger partial charge in [-0.25, -0.2) is 0 Å². The van der Waals surface area contributed by atoms with Gasteiger partial charge in [0.05, 0.1) is 18.8 Å². The van der Waals surface area contributed by atoms with Gasteiger partial charge in [-0.15, -0.1) is 0 Å². The molecule has 3 atom stereocenters. The predicted octanol–water partition coefficient (Wildman–Crippen LogP) is 4.20. The zero-order valence-electron chi connectivity index (χ0n) is 15.8. The summed E-state index contributed by atoms with van der Waals surface area (Å²) >= 11 is 0. The Hall–Kier alpha value is -2.33. The van der Waals surface area contributed by atoms with Crippen LogP contribution in [0, 0.1) is 5.92 Å². The number of nitrogens with zero attached hydrogens (tertiary/aromatic N) is 1. The molecule has 0 bridgehead atoms. The largest absolute Gasteiger partial charge is 0.496 e. The average molecular weight is 365 g/mol. The van der Waals surface area contributed by atoms with Crippen LogP contribution in [0.1, 0.15) is 54.1 Å². The van der Waals surface area contributed by atoms with E-state index in [4.69, 9.17) is 4.74 Å². The highest BCUT2D eigenvalue weighted by Crippen LogP contribution is 2.51. The Labute approximate surface area is 160 Å². The Morgan fingerprint density at radius 3 is 2.59 bits per heavy atom. The van der Waals surface area contributed by atoms with Gasteiger partial charge < -0.3 is 14.7 Å². The van der Waals surface area contributed by atoms with Gasteiger partial charge in [-0.2, -0.15) is 0 Å². The number of carbonyl (C=O) groups is 1. The molecule has 1 aliphatic heterocycles. The first-order valence-electron chi connectivity index (χ1n) is 9.85. The smallest absolute Gasteiger partial charge is 0.254 e. The molecule has 1 aliphatic carbocycles. The molecule has 2 unspecified atom stereocenters. The Morgan fingerprint density at radius 2 is 1.81 bits per heavy atom. The van der Waals surface area contributed by atoms with E-state index in [9.17, 15) is 9.90 Å². The van der Waals surface area contributed by atoms with E-state index in [1.165, 1.54) is 0 Å². The van der Waals surface area contributed by atoms with Crippen molar-refractivity contribution in [1.29, 1.82) is 0 Å². The van der Waals surface area contributed by atoms with Crippen molar-refractivity contribution in [3.63, 3.8) is 0 Å². The van der Waals surface area contributed by atoms with Crippen molar-refractivity contribution in [2.24, 2.45) is 5.92 Å². The lowest BCUT2D eigenvalue weighted by molar-refractivity contribution is -0.115.